The molecule has 6 aromatic rings. The first kappa shape index (κ1) is 19.0. The van der Waals surface area contributed by atoms with Crippen molar-refractivity contribution >= 4 is 44.1 Å². The quantitative estimate of drug-likeness (QED) is 0.241. The van der Waals surface area contributed by atoms with Crippen LogP contribution in [0.5, 0.6) is 5.75 Å². The Kier molecular flexibility index (Phi) is 4.44. The Morgan fingerprint density at radius 2 is 1.31 bits per heavy atom. The van der Waals surface area contributed by atoms with Gasteiger partial charge >= 0.3 is 0 Å². The Balaban J connectivity index is 1.66. The van der Waals surface area contributed by atoms with Crippen LogP contribution in [0.15, 0.2) is 84.0 Å². The lowest BCUT2D eigenvalue weighted by Crippen LogP contribution is -2.00. The fraction of sp³-hybridized carbons (Fsp3) is 0.0741. The molecule has 0 aliphatic heterocycles. The summed E-state index contributed by atoms with van der Waals surface area (Å²) < 4.78 is 0. The van der Waals surface area contributed by atoms with Gasteiger partial charge in [-0.25, -0.2) is 15.0 Å². The van der Waals surface area contributed by atoms with E-state index >= 15 is 0 Å². The first-order valence-corrected chi connectivity index (χ1v) is 11.6. The van der Waals surface area contributed by atoms with Gasteiger partial charge in [0.05, 0.1) is 5.56 Å². The van der Waals surface area contributed by atoms with E-state index in [4.69, 9.17) is 9.97 Å². The third kappa shape index (κ3) is 2.97. The SMILES string of the molecule is CCSc1nc(-c2ccccc2O)nc(-c2ccc3ccc4cccc5ccc2c3c45)n1. The molecule has 0 aliphatic rings. The smallest absolute Gasteiger partial charge is 0.191 e. The zero-order valence-electron chi connectivity index (χ0n) is 17.4. The third-order valence-electron chi connectivity index (χ3n) is 5.80. The van der Waals surface area contributed by atoms with Gasteiger partial charge in [-0.1, -0.05) is 79.3 Å². The lowest BCUT2D eigenvalue weighted by molar-refractivity contribution is 0.477. The maximum Gasteiger partial charge on any atom is 0.191 e. The van der Waals surface area contributed by atoms with Crippen molar-refractivity contribution in [2.24, 2.45) is 0 Å². The highest BCUT2D eigenvalue weighted by Crippen LogP contribution is 2.39. The van der Waals surface area contributed by atoms with Crippen LogP contribution >= 0.6 is 11.8 Å². The van der Waals surface area contributed by atoms with Crippen LogP contribution < -0.4 is 0 Å². The average molecular weight is 434 g/mol. The summed E-state index contributed by atoms with van der Waals surface area (Å²) in [7, 11) is 0. The number of benzene rings is 5. The number of para-hydroxylation sites is 1. The van der Waals surface area contributed by atoms with Gasteiger partial charge in [0, 0.05) is 5.56 Å². The van der Waals surface area contributed by atoms with Gasteiger partial charge in [-0.3, -0.25) is 0 Å². The van der Waals surface area contributed by atoms with E-state index in [1.54, 1.807) is 23.9 Å². The highest BCUT2D eigenvalue weighted by molar-refractivity contribution is 7.99. The third-order valence-corrected chi connectivity index (χ3v) is 6.53. The molecule has 0 fully saturated rings. The van der Waals surface area contributed by atoms with Gasteiger partial charge in [-0.05, 0) is 56.3 Å². The Morgan fingerprint density at radius 3 is 2.06 bits per heavy atom. The summed E-state index contributed by atoms with van der Waals surface area (Å²) >= 11 is 1.57. The largest absolute Gasteiger partial charge is 0.507 e. The van der Waals surface area contributed by atoms with E-state index in [1.807, 2.05) is 12.1 Å². The molecule has 0 radical (unpaired) electrons. The number of aromatic nitrogens is 3. The lowest BCUT2D eigenvalue weighted by atomic mass is 9.92. The number of hydrogen-bond donors (Lipinski definition) is 1. The van der Waals surface area contributed by atoms with Crippen molar-refractivity contribution in [2.75, 3.05) is 5.75 Å². The second kappa shape index (κ2) is 7.46. The highest BCUT2D eigenvalue weighted by Gasteiger charge is 2.17. The van der Waals surface area contributed by atoms with Gasteiger partial charge in [0.1, 0.15) is 5.75 Å². The van der Waals surface area contributed by atoms with Crippen molar-refractivity contribution in [1.29, 1.82) is 0 Å². The number of phenolic OH excluding ortho intramolecular Hbond substituents is 1. The molecule has 1 heterocycles. The normalized spacial score (nSPS) is 11.7. The standard InChI is InChI=1S/C27H19N3OS/c1-2-32-27-29-25(28-26(30-27)21-8-3-4-9-22(21)31)20-15-13-18-11-10-16-6-5-7-17-12-14-19(20)24(18)23(16)17/h3-15,31H,2H2,1H3. The second-order valence-corrected chi connectivity index (χ2v) is 8.92. The monoisotopic (exact) mass is 433 g/mol. The Hall–Kier alpha value is -3.70. The predicted octanol–water partition coefficient (Wildman–Crippen LogP) is 6.92. The predicted molar refractivity (Wildman–Crippen MR) is 132 cm³/mol. The van der Waals surface area contributed by atoms with Crippen LogP contribution in [0.25, 0.3) is 55.1 Å². The summed E-state index contributed by atoms with van der Waals surface area (Å²) in [5, 5.41) is 18.3. The molecule has 32 heavy (non-hydrogen) atoms. The maximum absolute atomic E-state index is 10.4. The van der Waals surface area contributed by atoms with Crippen LogP contribution in [0.4, 0.5) is 0 Å². The zero-order chi connectivity index (χ0) is 21.7. The molecule has 4 nitrogen and oxygen atoms in total. The van der Waals surface area contributed by atoms with Crippen LogP contribution in [0, 0.1) is 0 Å². The summed E-state index contributed by atoms with van der Waals surface area (Å²) in [5.41, 5.74) is 1.57. The summed E-state index contributed by atoms with van der Waals surface area (Å²) in [5.74, 6) is 2.11. The molecule has 154 valence electrons. The minimum Gasteiger partial charge on any atom is -0.507 e. The molecule has 0 saturated heterocycles. The zero-order valence-corrected chi connectivity index (χ0v) is 18.2. The Bertz CT molecular complexity index is 1600. The van der Waals surface area contributed by atoms with E-state index in [0.717, 1.165) is 16.7 Å². The minimum absolute atomic E-state index is 0.160. The van der Waals surface area contributed by atoms with Crippen LogP contribution in [0.3, 0.4) is 0 Å². The van der Waals surface area contributed by atoms with Crippen molar-refractivity contribution in [3.8, 4) is 28.5 Å². The molecule has 0 unspecified atom stereocenters. The minimum atomic E-state index is 0.160. The van der Waals surface area contributed by atoms with Crippen LogP contribution in [0.2, 0.25) is 0 Å². The fourth-order valence-corrected chi connectivity index (χ4v) is 4.94. The molecule has 0 spiro atoms. The van der Waals surface area contributed by atoms with E-state index in [0.29, 0.717) is 22.4 Å². The van der Waals surface area contributed by atoms with Crippen molar-refractivity contribution in [2.45, 2.75) is 12.1 Å². The number of aromatic hydroxyl groups is 1. The summed E-state index contributed by atoms with van der Waals surface area (Å²) in [6.07, 6.45) is 0. The van der Waals surface area contributed by atoms with E-state index < -0.39 is 0 Å². The van der Waals surface area contributed by atoms with E-state index in [2.05, 4.69) is 66.5 Å². The Labute approximate surface area is 189 Å². The maximum atomic E-state index is 10.4. The van der Waals surface area contributed by atoms with Gasteiger partial charge in [0.2, 0.25) is 0 Å². The van der Waals surface area contributed by atoms with Crippen molar-refractivity contribution < 1.29 is 5.11 Å². The molecule has 1 aromatic heterocycles. The van der Waals surface area contributed by atoms with Crippen LogP contribution in [-0.4, -0.2) is 25.8 Å². The van der Waals surface area contributed by atoms with Gasteiger partial charge in [0.25, 0.3) is 0 Å². The first-order chi connectivity index (χ1) is 15.7. The molecule has 0 atom stereocenters. The van der Waals surface area contributed by atoms with Crippen molar-refractivity contribution in [3.05, 3.63) is 78.9 Å². The topological polar surface area (TPSA) is 58.9 Å². The summed E-state index contributed by atoms with van der Waals surface area (Å²) in [6.45, 7) is 2.07. The van der Waals surface area contributed by atoms with Crippen molar-refractivity contribution in [1.82, 2.24) is 15.0 Å². The van der Waals surface area contributed by atoms with E-state index in [1.165, 1.54) is 26.9 Å². The Morgan fingerprint density at radius 1 is 0.656 bits per heavy atom. The second-order valence-electron chi connectivity index (χ2n) is 7.68. The van der Waals surface area contributed by atoms with Crippen LogP contribution in [-0.2, 0) is 0 Å². The number of thioether (sulfide) groups is 1. The molecule has 0 bridgehead atoms. The lowest BCUT2D eigenvalue weighted by Gasteiger charge is -2.14. The fourth-order valence-electron chi connectivity index (χ4n) is 4.38. The van der Waals surface area contributed by atoms with Gasteiger partial charge in [-0.15, -0.1) is 0 Å². The van der Waals surface area contributed by atoms with Gasteiger partial charge < -0.3 is 5.11 Å². The number of phenols is 1. The van der Waals surface area contributed by atoms with Crippen LogP contribution in [0.1, 0.15) is 6.92 Å². The summed E-state index contributed by atoms with van der Waals surface area (Å²) in [4.78, 5) is 14.2. The highest BCUT2D eigenvalue weighted by atomic mass is 32.2. The molecule has 1 N–H and O–H groups in total. The molecular weight excluding hydrogens is 414 g/mol. The first-order valence-electron chi connectivity index (χ1n) is 10.6. The summed E-state index contributed by atoms with van der Waals surface area (Å²) in [6, 6.07) is 26.5. The van der Waals surface area contributed by atoms with E-state index in [-0.39, 0.29) is 5.75 Å². The van der Waals surface area contributed by atoms with E-state index in [9.17, 15) is 5.11 Å². The molecule has 6 rings (SSSR count). The molecular formula is C27H19N3OS. The molecule has 5 heteroatoms. The van der Waals surface area contributed by atoms with Crippen molar-refractivity contribution in [3.63, 3.8) is 0 Å². The number of hydrogen-bond acceptors (Lipinski definition) is 5. The van der Waals surface area contributed by atoms with Gasteiger partial charge in [-0.2, -0.15) is 0 Å². The molecule has 0 aliphatic carbocycles. The number of nitrogens with zero attached hydrogens (tertiary/aromatic N) is 3. The average Bonchev–Trinajstić information content (AvgIpc) is 2.83. The molecule has 0 saturated carbocycles. The van der Waals surface area contributed by atoms with Gasteiger partial charge in [0.15, 0.2) is 16.8 Å². The number of rotatable bonds is 4. The molecule has 0 amide bonds. The molecule has 5 aromatic carbocycles.